The Morgan fingerprint density at radius 2 is 2.40 bits per heavy atom. The second-order valence-corrected chi connectivity index (χ2v) is 5.21. The van der Waals surface area contributed by atoms with Gasteiger partial charge in [-0.05, 0) is 17.7 Å². The molecule has 104 valence electrons. The van der Waals surface area contributed by atoms with Gasteiger partial charge in [0.05, 0.1) is 0 Å². The van der Waals surface area contributed by atoms with Crippen LogP contribution >= 0.6 is 22.9 Å². The second kappa shape index (κ2) is 7.07. The number of hydrogen-bond acceptors (Lipinski definition) is 5. The van der Waals surface area contributed by atoms with E-state index in [1.54, 1.807) is 23.6 Å². The minimum atomic E-state index is -0.451. The van der Waals surface area contributed by atoms with Crippen LogP contribution in [0.25, 0.3) is 0 Å². The van der Waals surface area contributed by atoms with Gasteiger partial charge in [-0.3, -0.25) is 0 Å². The van der Waals surface area contributed by atoms with Crippen molar-refractivity contribution >= 4 is 34.0 Å². The Balaban J connectivity index is 1.91. The van der Waals surface area contributed by atoms with Gasteiger partial charge in [-0.15, -0.1) is 17.9 Å². The van der Waals surface area contributed by atoms with Crippen LogP contribution in [0.2, 0.25) is 5.02 Å². The topological polar surface area (TPSA) is 51.2 Å². The molecule has 2 aromatic rings. The monoisotopic (exact) mass is 308 g/mol. The molecule has 20 heavy (non-hydrogen) atoms. The number of carbonyl (C=O) groups is 1. The molecule has 0 saturated heterocycles. The number of rotatable bonds is 6. The largest absolute Gasteiger partial charge is 0.456 e. The van der Waals surface area contributed by atoms with E-state index in [9.17, 15) is 4.79 Å². The van der Waals surface area contributed by atoms with E-state index < -0.39 is 5.97 Å². The van der Waals surface area contributed by atoms with Crippen molar-refractivity contribution in [3.8, 4) is 0 Å². The number of hydrogen-bond donors (Lipinski definition) is 1. The van der Waals surface area contributed by atoms with E-state index in [0.717, 1.165) is 5.56 Å². The lowest BCUT2D eigenvalue weighted by Crippen LogP contribution is -2.06. The highest BCUT2D eigenvalue weighted by atomic mass is 35.5. The fourth-order valence-corrected chi connectivity index (χ4v) is 2.36. The summed E-state index contributed by atoms with van der Waals surface area (Å²) in [5.74, 6) is -0.451. The maximum absolute atomic E-state index is 11.8. The first kappa shape index (κ1) is 14.6. The summed E-state index contributed by atoms with van der Waals surface area (Å²) in [4.78, 5) is 16.0. The van der Waals surface area contributed by atoms with Crippen molar-refractivity contribution < 1.29 is 9.53 Å². The molecule has 1 N–H and O–H groups in total. The molecule has 0 saturated carbocycles. The van der Waals surface area contributed by atoms with Crippen LogP contribution in [0.15, 0.2) is 42.3 Å². The SMILES string of the molecule is C=CCNc1nc(C(=O)OCc2cccc(Cl)c2)cs1. The van der Waals surface area contributed by atoms with E-state index in [0.29, 0.717) is 22.4 Å². The number of benzene rings is 1. The predicted octanol–water partition coefficient (Wildman–Crippen LogP) is 3.75. The molecule has 2 rings (SSSR count). The number of halogens is 1. The van der Waals surface area contributed by atoms with Crippen molar-refractivity contribution in [1.29, 1.82) is 0 Å². The zero-order valence-electron chi connectivity index (χ0n) is 10.6. The molecule has 0 atom stereocenters. The molecule has 0 aliphatic carbocycles. The summed E-state index contributed by atoms with van der Waals surface area (Å²) in [6.07, 6.45) is 1.72. The third-order valence-corrected chi connectivity index (χ3v) is 3.40. The van der Waals surface area contributed by atoms with Crippen molar-refractivity contribution in [3.05, 3.63) is 58.6 Å². The molecule has 0 aliphatic rings. The van der Waals surface area contributed by atoms with Crippen molar-refractivity contribution in [2.45, 2.75) is 6.61 Å². The highest BCUT2D eigenvalue weighted by Gasteiger charge is 2.12. The van der Waals surface area contributed by atoms with E-state index >= 15 is 0 Å². The summed E-state index contributed by atoms with van der Waals surface area (Å²) in [6.45, 7) is 4.37. The Morgan fingerprint density at radius 1 is 1.55 bits per heavy atom. The smallest absolute Gasteiger partial charge is 0.358 e. The Labute approximate surface area is 126 Å². The fourth-order valence-electron chi connectivity index (χ4n) is 1.46. The number of ether oxygens (including phenoxy) is 1. The van der Waals surface area contributed by atoms with Crippen LogP contribution in [-0.2, 0) is 11.3 Å². The molecule has 1 aromatic heterocycles. The Morgan fingerprint density at radius 3 is 3.15 bits per heavy atom. The van der Waals surface area contributed by atoms with E-state index in [1.807, 2.05) is 12.1 Å². The predicted molar refractivity (Wildman–Crippen MR) is 81.4 cm³/mol. The summed E-state index contributed by atoms with van der Waals surface area (Å²) in [5, 5.41) is 5.95. The Kier molecular flexibility index (Phi) is 5.15. The third kappa shape index (κ3) is 4.08. The molecular weight excluding hydrogens is 296 g/mol. The normalized spacial score (nSPS) is 10.1. The minimum Gasteiger partial charge on any atom is -0.456 e. The first-order chi connectivity index (χ1) is 9.69. The Hall–Kier alpha value is -1.85. The molecule has 0 spiro atoms. The van der Waals surface area contributed by atoms with Crippen LogP contribution in [0.3, 0.4) is 0 Å². The fraction of sp³-hybridized carbons (Fsp3) is 0.143. The molecule has 1 aromatic carbocycles. The van der Waals surface area contributed by atoms with Crippen LogP contribution in [0, 0.1) is 0 Å². The van der Waals surface area contributed by atoms with E-state index in [4.69, 9.17) is 16.3 Å². The number of anilines is 1. The average molecular weight is 309 g/mol. The molecule has 1 heterocycles. The van der Waals surface area contributed by atoms with Crippen molar-refractivity contribution in [2.75, 3.05) is 11.9 Å². The van der Waals surface area contributed by atoms with Gasteiger partial charge < -0.3 is 10.1 Å². The minimum absolute atomic E-state index is 0.173. The van der Waals surface area contributed by atoms with Gasteiger partial charge in [0.1, 0.15) is 6.61 Å². The quantitative estimate of drug-likeness (QED) is 0.652. The lowest BCUT2D eigenvalue weighted by atomic mass is 10.2. The molecule has 0 radical (unpaired) electrons. The molecule has 0 fully saturated rings. The maximum atomic E-state index is 11.8. The highest BCUT2D eigenvalue weighted by molar-refractivity contribution is 7.13. The first-order valence-corrected chi connectivity index (χ1v) is 7.16. The summed E-state index contributed by atoms with van der Waals surface area (Å²) in [7, 11) is 0. The maximum Gasteiger partial charge on any atom is 0.358 e. The van der Waals surface area contributed by atoms with Gasteiger partial charge in [-0.25, -0.2) is 9.78 Å². The first-order valence-electron chi connectivity index (χ1n) is 5.91. The van der Waals surface area contributed by atoms with Crippen molar-refractivity contribution in [2.24, 2.45) is 0 Å². The molecule has 0 bridgehead atoms. The van der Waals surface area contributed by atoms with Crippen LogP contribution in [0.5, 0.6) is 0 Å². The van der Waals surface area contributed by atoms with Gasteiger partial charge in [0, 0.05) is 16.9 Å². The van der Waals surface area contributed by atoms with Gasteiger partial charge >= 0.3 is 5.97 Å². The van der Waals surface area contributed by atoms with Crippen molar-refractivity contribution in [3.63, 3.8) is 0 Å². The molecule has 4 nitrogen and oxygen atoms in total. The van der Waals surface area contributed by atoms with Gasteiger partial charge in [0.15, 0.2) is 10.8 Å². The van der Waals surface area contributed by atoms with Crippen LogP contribution < -0.4 is 5.32 Å². The summed E-state index contributed by atoms with van der Waals surface area (Å²) in [6, 6.07) is 7.18. The van der Waals surface area contributed by atoms with Crippen molar-refractivity contribution in [1.82, 2.24) is 4.98 Å². The van der Waals surface area contributed by atoms with Gasteiger partial charge in [-0.2, -0.15) is 0 Å². The van der Waals surface area contributed by atoms with Crippen LogP contribution in [-0.4, -0.2) is 17.5 Å². The summed E-state index contributed by atoms with van der Waals surface area (Å²) >= 11 is 7.21. The number of thiazole rings is 1. The molecular formula is C14H13ClN2O2S. The van der Waals surface area contributed by atoms with Gasteiger partial charge in [0.2, 0.25) is 0 Å². The molecule has 0 aliphatic heterocycles. The molecule has 0 amide bonds. The van der Waals surface area contributed by atoms with E-state index in [-0.39, 0.29) is 6.61 Å². The Bertz CT molecular complexity index is 613. The van der Waals surface area contributed by atoms with E-state index in [2.05, 4.69) is 16.9 Å². The molecule has 0 unspecified atom stereocenters. The zero-order valence-corrected chi connectivity index (χ0v) is 12.2. The average Bonchev–Trinajstić information content (AvgIpc) is 2.91. The van der Waals surface area contributed by atoms with E-state index in [1.165, 1.54) is 11.3 Å². The van der Waals surface area contributed by atoms with Gasteiger partial charge in [-0.1, -0.05) is 29.8 Å². The molecule has 6 heteroatoms. The summed E-state index contributed by atoms with van der Waals surface area (Å²) in [5.41, 5.74) is 1.13. The lowest BCUT2D eigenvalue weighted by molar-refractivity contribution is 0.0467. The number of nitrogens with zero attached hydrogens (tertiary/aromatic N) is 1. The van der Waals surface area contributed by atoms with Crippen LogP contribution in [0.1, 0.15) is 16.1 Å². The third-order valence-electron chi connectivity index (χ3n) is 2.37. The number of carbonyl (C=O) groups excluding carboxylic acids is 1. The van der Waals surface area contributed by atoms with Crippen LogP contribution in [0.4, 0.5) is 5.13 Å². The number of nitrogens with one attached hydrogen (secondary N) is 1. The highest BCUT2D eigenvalue weighted by Crippen LogP contribution is 2.17. The number of esters is 1. The van der Waals surface area contributed by atoms with Gasteiger partial charge in [0.25, 0.3) is 0 Å². The standard InChI is InChI=1S/C14H13ClN2O2S/c1-2-6-16-14-17-12(9-20-14)13(18)19-8-10-4-3-5-11(15)7-10/h2-5,7,9H,1,6,8H2,(H,16,17). The second-order valence-electron chi connectivity index (χ2n) is 3.91. The summed E-state index contributed by atoms with van der Waals surface area (Å²) < 4.78 is 5.19. The zero-order chi connectivity index (χ0) is 14.4. The lowest BCUT2D eigenvalue weighted by Gasteiger charge is -2.03. The number of aromatic nitrogens is 1.